The van der Waals surface area contributed by atoms with E-state index in [4.69, 9.17) is 5.11 Å². The second kappa shape index (κ2) is 9.00. The van der Waals surface area contributed by atoms with Crippen LogP contribution in [-0.2, 0) is 14.4 Å². The highest BCUT2D eigenvalue weighted by Gasteiger charge is 2.26. The van der Waals surface area contributed by atoms with E-state index in [-0.39, 0.29) is 43.1 Å². The molecule has 2 N–H and O–H groups in total. The van der Waals surface area contributed by atoms with Gasteiger partial charge in [-0.15, -0.1) is 0 Å². The van der Waals surface area contributed by atoms with Gasteiger partial charge in [-0.1, -0.05) is 19.1 Å². The van der Waals surface area contributed by atoms with Gasteiger partial charge in [0.25, 0.3) is 0 Å². The van der Waals surface area contributed by atoms with E-state index < -0.39 is 12.0 Å². The summed E-state index contributed by atoms with van der Waals surface area (Å²) in [6, 6.07) is 4.87. The Balaban J connectivity index is 2.76. The molecule has 1 aromatic carbocycles. The van der Waals surface area contributed by atoms with Crippen molar-refractivity contribution in [3.63, 3.8) is 0 Å². The first-order valence-corrected chi connectivity index (χ1v) is 7.74. The van der Waals surface area contributed by atoms with Gasteiger partial charge in [0.15, 0.2) is 0 Å². The van der Waals surface area contributed by atoms with E-state index in [1.165, 1.54) is 30.9 Å². The number of carboxylic acid groups (broad SMARTS) is 1. The maximum absolute atomic E-state index is 13.0. The van der Waals surface area contributed by atoms with E-state index in [1.54, 1.807) is 12.1 Å². The van der Waals surface area contributed by atoms with Gasteiger partial charge < -0.3 is 15.3 Å². The predicted octanol–water partition coefficient (Wildman–Crippen LogP) is 1.76. The maximum atomic E-state index is 13.0. The van der Waals surface area contributed by atoms with Gasteiger partial charge in [-0.2, -0.15) is 0 Å². The fourth-order valence-electron chi connectivity index (χ4n) is 2.31. The van der Waals surface area contributed by atoms with Crippen LogP contribution >= 0.6 is 0 Å². The summed E-state index contributed by atoms with van der Waals surface area (Å²) in [4.78, 5) is 35.9. The van der Waals surface area contributed by atoms with Crippen LogP contribution < -0.4 is 5.32 Å². The van der Waals surface area contributed by atoms with Crippen LogP contribution in [0, 0.1) is 5.82 Å². The molecule has 0 fully saturated rings. The van der Waals surface area contributed by atoms with Gasteiger partial charge in [-0.25, -0.2) is 9.18 Å². The van der Waals surface area contributed by atoms with Crippen molar-refractivity contribution in [1.82, 2.24) is 10.2 Å². The van der Waals surface area contributed by atoms with Crippen molar-refractivity contribution < 1.29 is 23.9 Å². The summed E-state index contributed by atoms with van der Waals surface area (Å²) in [6.45, 7) is 4.90. The lowest BCUT2D eigenvalue weighted by Crippen LogP contribution is -2.47. The van der Waals surface area contributed by atoms with E-state index in [1.807, 2.05) is 6.92 Å². The maximum Gasteiger partial charge on any atom is 0.326 e. The Bertz CT molecular complexity index is 589. The molecule has 0 saturated carbocycles. The minimum atomic E-state index is -1.11. The van der Waals surface area contributed by atoms with Gasteiger partial charge in [-0.05, 0) is 30.5 Å². The van der Waals surface area contributed by atoms with Gasteiger partial charge in [0, 0.05) is 26.4 Å². The quantitative estimate of drug-likeness (QED) is 0.756. The third-order valence-corrected chi connectivity index (χ3v) is 3.79. The summed E-state index contributed by atoms with van der Waals surface area (Å²) >= 11 is 0. The molecule has 0 aliphatic heterocycles. The number of hydrogen-bond donors (Lipinski definition) is 2. The van der Waals surface area contributed by atoms with Crippen molar-refractivity contribution in [3.05, 3.63) is 35.6 Å². The monoisotopic (exact) mass is 338 g/mol. The minimum absolute atomic E-state index is 0.101. The summed E-state index contributed by atoms with van der Waals surface area (Å²) in [7, 11) is 0. The van der Waals surface area contributed by atoms with E-state index in [9.17, 15) is 18.8 Å². The zero-order chi connectivity index (χ0) is 18.3. The number of rotatable bonds is 8. The first-order chi connectivity index (χ1) is 11.2. The number of carbonyl (C=O) groups excluding carboxylic acids is 2. The molecular weight excluding hydrogens is 315 g/mol. The third-order valence-electron chi connectivity index (χ3n) is 3.79. The van der Waals surface area contributed by atoms with Crippen LogP contribution in [0.3, 0.4) is 0 Å². The average Bonchev–Trinajstić information content (AvgIpc) is 2.51. The summed E-state index contributed by atoms with van der Waals surface area (Å²) in [6.07, 6.45) is 0.101. The molecule has 0 saturated heterocycles. The molecule has 1 aromatic rings. The molecular formula is C17H23FN2O4. The van der Waals surface area contributed by atoms with Gasteiger partial charge in [-0.3, -0.25) is 9.59 Å². The zero-order valence-electron chi connectivity index (χ0n) is 14.1. The molecule has 1 rings (SSSR count). The number of nitrogens with zero attached hydrogens (tertiary/aromatic N) is 1. The Hall–Kier alpha value is -2.44. The highest BCUT2D eigenvalue weighted by atomic mass is 19.1. The van der Waals surface area contributed by atoms with E-state index >= 15 is 0 Å². The Morgan fingerprint density at radius 1 is 1.21 bits per heavy atom. The fraction of sp³-hybridized carbons (Fsp3) is 0.471. The highest BCUT2D eigenvalue weighted by Crippen LogP contribution is 2.21. The Labute approximate surface area is 140 Å². The molecule has 24 heavy (non-hydrogen) atoms. The van der Waals surface area contributed by atoms with E-state index in [2.05, 4.69) is 5.32 Å². The van der Waals surface area contributed by atoms with Crippen molar-refractivity contribution in [3.8, 4) is 0 Å². The number of hydrogen-bond acceptors (Lipinski definition) is 3. The Morgan fingerprint density at radius 3 is 2.29 bits per heavy atom. The first-order valence-electron chi connectivity index (χ1n) is 7.74. The van der Waals surface area contributed by atoms with Crippen LogP contribution in [0.2, 0.25) is 0 Å². The lowest BCUT2D eigenvalue weighted by atomic mass is 9.97. The van der Waals surface area contributed by atoms with Crippen molar-refractivity contribution in [2.45, 2.75) is 39.2 Å². The van der Waals surface area contributed by atoms with Gasteiger partial charge in [0.05, 0.1) is 0 Å². The molecule has 0 radical (unpaired) electrons. The van der Waals surface area contributed by atoms with Crippen LogP contribution in [0.4, 0.5) is 4.39 Å². The molecule has 7 heteroatoms. The molecule has 0 heterocycles. The van der Waals surface area contributed by atoms with Gasteiger partial charge in [0.1, 0.15) is 11.9 Å². The van der Waals surface area contributed by atoms with Crippen molar-refractivity contribution in [2.24, 2.45) is 0 Å². The van der Waals surface area contributed by atoms with E-state index in [0.717, 1.165) is 5.56 Å². The van der Waals surface area contributed by atoms with Crippen molar-refractivity contribution >= 4 is 17.8 Å². The summed E-state index contributed by atoms with van der Waals surface area (Å²) in [5.41, 5.74) is 0.800. The van der Waals surface area contributed by atoms with E-state index in [0.29, 0.717) is 0 Å². The molecule has 2 atom stereocenters. The number of carbonyl (C=O) groups is 3. The first kappa shape index (κ1) is 19.6. The number of aliphatic carboxylic acids is 1. The molecule has 0 spiro atoms. The van der Waals surface area contributed by atoms with Crippen LogP contribution in [-0.4, -0.2) is 46.9 Å². The average molecular weight is 338 g/mol. The topological polar surface area (TPSA) is 86.7 Å². The van der Waals surface area contributed by atoms with Crippen molar-refractivity contribution in [1.29, 1.82) is 0 Å². The highest BCUT2D eigenvalue weighted by molar-refractivity contribution is 5.84. The molecule has 0 aliphatic rings. The lowest BCUT2D eigenvalue weighted by Gasteiger charge is -2.28. The number of amides is 2. The predicted molar refractivity (Wildman–Crippen MR) is 86.9 cm³/mol. The number of halogens is 1. The summed E-state index contributed by atoms with van der Waals surface area (Å²) in [5, 5.41) is 11.7. The summed E-state index contributed by atoms with van der Waals surface area (Å²) in [5.74, 6) is -2.21. The van der Waals surface area contributed by atoms with Crippen LogP contribution in [0.25, 0.3) is 0 Å². The zero-order valence-corrected chi connectivity index (χ0v) is 14.1. The van der Waals surface area contributed by atoms with Crippen molar-refractivity contribution in [2.75, 3.05) is 13.1 Å². The molecule has 132 valence electrons. The SMILES string of the molecule is CC(=O)NCCN(C(=O)CC(C)c1ccc(F)cc1)C(C)C(=O)O. The third kappa shape index (κ3) is 5.98. The number of carboxylic acids is 1. The van der Waals surface area contributed by atoms with Gasteiger partial charge in [0.2, 0.25) is 11.8 Å². The Kier molecular flexibility index (Phi) is 7.35. The summed E-state index contributed by atoms with van der Waals surface area (Å²) < 4.78 is 13.0. The van der Waals surface area contributed by atoms with Gasteiger partial charge >= 0.3 is 5.97 Å². The molecule has 0 aromatic heterocycles. The molecule has 2 unspecified atom stereocenters. The molecule has 2 amide bonds. The number of benzene rings is 1. The van der Waals surface area contributed by atoms with Crippen LogP contribution in [0.5, 0.6) is 0 Å². The van der Waals surface area contributed by atoms with Crippen LogP contribution in [0.15, 0.2) is 24.3 Å². The Morgan fingerprint density at radius 2 is 1.79 bits per heavy atom. The molecule has 6 nitrogen and oxygen atoms in total. The number of nitrogens with one attached hydrogen (secondary N) is 1. The second-order valence-corrected chi connectivity index (χ2v) is 5.74. The largest absolute Gasteiger partial charge is 0.480 e. The molecule has 0 aliphatic carbocycles. The van der Waals surface area contributed by atoms with Crippen LogP contribution in [0.1, 0.15) is 38.7 Å². The standard InChI is InChI=1S/C17H23FN2O4/c1-11(14-4-6-15(18)7-5-14)10-16(22)20(12(2)17(23)24)9-8-19-13(3)21/h4-7,11-12H,8-10H2,1-3H3,(H,19,21)(H,23,24). The smallest absolute Gasteiger partial charge is 0.326 e. The fourth-order valence-corrected chi connectivity index (χ4v) is 2.31. The minimum Gasteiger partial charge on any atom is -0.480 e. The molecule has 0 bridgehead atoms. The normalized spacial score (nSPS) is 13.0. The second-order valence-electron chi connectivity index (χ2n) is 5.74. The lowest BCUT2D eigenvalue weighted by molar-refractivity contribution is -0.149.